The van der Waals surface area contributed by atoms with E-state index >= 15 is 0 Å². The van der Waals surface area contributed by atoms with Gasteiger partial charge in [-0.25, -0.2) is 23.4 Å². The van der Waals surface area contributed by atoms with E-state index in [0.717, 1.165) is 5.56 Å². The molecule has 0 saturated heterocycles. The van der Waals surface area contributed by atoms with Gasteiger partial charge in [-0.1, -0.05) is 0 Å². The lowest BCUT2D eigenvalue weighted by atomic mass is 10.2. The van der Waals surface area contributed by atoms with E-state index in [1.54, 1.807) is 43.3 Å². The highest BCUT2D eigenvalue weighted by Gasteiger charge is 2.37. The second kappa shape index (κ2) is 11.6. The smallest absolute Gasteiger partial charge is 0.257 e. The number of rotatable bonds is 11. The number of pyridine rings is 1. The van der Waals surface area contributed by atoms with Crippen molar-refractivity contribution in [3.63, 3.8) is 0 Å². The van der Waals surface area contributed by atoms with Gasteiger partial charge in [-0.05, 0) is 46.2 Å². The molecule has 3 aromatic rings. The van der Waals surface area contributed by atoms with E-state index in [1.807, 2.05) is 27.7 Å². The third-order valence-corrected chi connectivity index (χ3v) is 7.55. The Labute approximate surface area is 222 Å². The van der Waals surface area contributed by atoms with E-state index in [4.69, 9.17) is 18.9 Å². The fourth-order valence-electron chi connectivity index (χ4n) is 4.05. The molecule has 0 bridgehead atoms. The Morgan fingerprint density at radius 1 is 1.18 bits per heavy atom. The van der Waals surface area contributed by atoms with Gasteiger partial charge in [0.2, 0.25) is 16.0 Å². The maximum atomic E-state index is 13.7. The summed E-state index contributed by atoms with van der Waals surface area (Å²) in [6.45, 7) is 9.66. The first-order chi connectivity index (χ1) is 18.2. The molecule has 13 nitrogen and oxygen atoms in total. The zero-order valence-electron chi connectivity index (χ0n) is 22.3. The Kier molecular flexibility index (Phi) is 8.43. The monoisotopic (exact) mass is 547 g/mol. The molecule has 0 aromatic carbocycles. The molecule has 0 amide bonds. The lowest BCUT2D eigenvalue weighted by Crippen LogP contribution is -2.35. The second-order valence-electron chi connectivity index (χ2n) is 9.14. The molecule has 14 heteroatoms. The lowest BCUT2D eigenvalue weighted by molar-refractivity contribution is 0.00152. The van der Waals surface area contributed by atoms with Crippen LogP contribution in [0, 0.1) is 6.92 Å². The predicted octanol–water partition coefficient (Wildman–Crippen LogP) is 2.71. The third kappa shape index (κ3) is 5.71. The molecule has 0 spiro atoms. The molecule has 206 valence electrons. The first kappa shape index (κ1) is 27.7. The summed E-state index contributed by atoms with van der Waals surface area (Å²) < 4.78 is 54.7. The predicted molar refractivity (Wildman–Crippen MR) is 139 cm³/mol. The van der Waals surface area contributed by atoms with Crippen LogP contribution in [0.4, 0.5) is 5.95 Å². The van der Waals surface area contributed by atoms with Crippen molar-refractivity contribution in [2.45, 2.75) is 58.1 Å². The van der Waals surface area contributed by atoms with Crippen molar-refractivity contribution < 1.29 is 27.4 Å². The van der Waals surface area contributed by atoms with Gasteiger partial charge < -0.3 is 18.9 Å². The Bertz CT molecular complexity index is 1350. The third-order valence-electron chi connectivity index (χ3n) is 5.86. The van der Waals surface area contributed by atoms with Gasteiger partial charge in [0.05, 0.1) is 30.9 Å². The van der Waals surface area contributed by atoms with Crippen molar-refractivity contribution >= 4 is 16.0 Å². The minimum Gasteiger partial charge on any atom is -0.485 e. The molecule has 3 atom stereocenters. The number of aromatic nitrogens is 6. The minimum absolute atomic E-state index is 0.0215. The summed E-state index contributed by atoms with van der Waals surface area (Å²) in [7, 11) is -2.51. The summed E-state index contributed by atoms with van der Waals surface area (Å²) in [5, 5.41) is 7.44. The van der Waals surface area contributed by atoms with Gasteiger partial charge in [-0.2, -0.15) is 0 Å². The summed E-state index contributed by atoms with van der Waals surface area (Å²) in [5.41, 5.74) is 1.42. The summed E-state index contributed by atoms with van der Waals surface area (Å²) in [5.74, 6) is 1.42. The molecule has 2 unspecified atom stereocenters. The highest BCUT2D eigenvalue weighted by Crippen LogP contribution is 2.41. The van der Waals surface area contributed by atoms with Crippen molar-refractivity contribution in [3.8, 4) is 23.0 Å². The second-order valence-corrected chi connectivity index (χ2v) is 11.2. The van der Waals surface area contributed by atoms with Crippen molar-refractivity contribution in [1.82, 2.24) is 29.7 Å². The van der Waals surface area contributed by atoms with E-state index < -0.39 is 27.4 Å². The van der Waals surface area contributed by atoms with Gasteiger partial charge in [0.25, 0.3) is 5.88 Å². The Morgan fingerprint density at radius 2 is 1.92 bits per heavy atom. The Balaban J connectivity index is 1.72. The molecule has 4 rings (SSSR count). The van der Waals surface area contributed by atoms with Gasteiger partial charge in [0, 0.05) is 25.7 Å². The number of anilines is 1. The van der Waals surface area contributed by atoms with Crippen LogP contribution in [-0.2, 0) is 19.5 Å². The molecule has 38 heavy (non-hydrogen) atoms. The van der Waals surface area contributed by atoms with E-state index in [-0.39, 0.29) is 31.1 Å². The number of hydrogen-bond donors (Lipinski definition) is 1. The van der Waals surface area contributed by atoms with Crippen LogP contribution < -0.4 is 14.2 Å². The quantitative estimate of drug-likeness (QED) is 0.377. The maximum absolute atomic E-state index is 13.7. The van der Waals surface area contributed by atoms with E-state index in [9.17, 15) is 8.42 Å². The zero-order valence-corrected chi connectivity index (χ0v) is 23.1. The van der Waals surface area contributed by atoms with Gasteiger partial charge >= 0.3 is 0 Å². The zero-order chi connectivity index (χ0) is 27.4. The van der Waals surface area contributed by atoms with Crippen molar-refractivity contribution in [3.05, 3.63) is 36.0 Å². The number of aryl methyl sites for hydroxylation is 1. The van der Waals surface area contributed by atoms with Gasteiger partial charge in [-0.15, -0.1) is 10.2 Å². The number of ether oxygens (including phenoxy) is 4. The van der Waals surface area contributed by atoms with Crippen LogP contribution >= 0.6 is 0 Å². The van der Waals surface area contributed by atoms with Crippen LogP contribution in [0.3, 0.4) is 0 Å². The molecule has 1 aliphatic rings. The van der Waals surface area contributed by atoms with E-state index in [1.165, 1.54) is 0 Å². The number of fused-ring (bicyclic) bond motifs is 3. The van der Waals surface area contributed by atoms with Gasteiger partial charge in [-0.3, -0.25) is 9.29 Å². The molecule has 3 aromatic heterocycles. The van der Waals surface area contributed by atoms with Crippen molar-refractivity contribution in [2.75, 3.05) is 31.7 Å². The number of sulfonamides is 1. The molecule has 0 saturated carbocycles. The average Bonchev–Trinajstić information content (AvgIpc) is 3.20. The number of hydrogen-bond acceptors (Lipinski definition) is 11. The number of nitrogens with one attached hydrogen (secondary N) is 1. The van der Waals surface area contributed by atoms with Gasteiger partial charge in [0.15, 0.2) is 17.4 Å². The summed E-state index contributed by atoms with van der Waals surface area (Å²) in [6, 6.07) is 1.28. The molecule has 0 fully saturated rings. The average molecular weight is 548 g/mol. The highest BCUT2D eigenvalue weighted by atomic mass is 32.2. The van der Waals surface area contributed by atoms with Crippen molar-refractivity contribution in [2.24, 2.45) is 0 Å². The Hall–Kier alpha value is -3.36. The standard InChI is InChI=1S/C24H33N7O6S/c1-7-35-23-20-18(8-9-25-23)22-28-29-24(31(22)17(12-34-6)13-36-20)30-38(32,33)16(5)19(37-14(2)3)21-26-10-15(4)11-27-21/h8-11,14,16-17,19H,7,12-13H2,1-6H3,(H,29,30)/t16?,17-,19?/m1/s1. The molecule has 1 aliphatic heterocycles. The maximum Gasteiger partial charge on any atom is 0.257 e. The van der Waals surface area contributed by atoms with Crippen LogP contribution in [0.5, 0.6) is 11.6 Å². The summed E-state index contributed by atoms with van der Waals surface area (Å²) in [6.07, 6.45) is 3.65. The van der Waals surface area contributed by atoms with Crippen LogP contribution in [-0.4, -0.2) is 76.4 Å². The molecule has 4 heterocycles. The van der Waals surface area contributed by atoms with Crippen LogP contribution in [0.2, 0.25) is 0 Å². The van der Waals surface area contributed by atoms with Crippen LogP contribution in [0.15, 0.2) is 24.7 Å². The summed E-state index contributed by atoms with van der Waals surface area (Å²) >= 11 is 0. The first-order valence-corrected chi connectivity index (χ1v) is 13.8. The van der Waals surface area contributed by atoms with Gasteiger partial charge in [0.1, 0.15) is 18.0 Å². The topological polar surface area (TPSA) is 152 Å². The molecular formula is C24H33N7O6S. The molecule has 1 N–H and O–H groups in total. The largest absolute Gasteiger partial charge is 0.485 e. The Morgan fingerprint density at radius 3 is 2.58 bits per heavy atom. The van der Waals surface area contributed by atoms with E-state index in [2.05, 4.69) is 29.9 Å². The number of methoxy groups -OCH3 is 1. The first-order valence-electron chi connectivity index (χ1n) is 12.3. The van der Waals surface area contributed by atoms with E-state index in [0.29, 0.717) is 29.6 Å². The van der Waals surface area contributed by atoms with Crippen molar-refractivity contribution in [1.29, 1.82) is 0 Å². The van der Waals surface area contributed by atoms with Crippen LogP contribution in [0.1, 0.15) is 51.2 Å². The number of nitrogens with zero attached hydrogens (tertiary/aromatic N) is 6. The molecule has 0 radical (unpaired) electrons. The highest BCUT2D eigenvalue weighted by molar-refractivity contribution is 7.93. The van der Waals surface area contributed by atoms with Crippen LogP contribution in [0.25, 0.3) is 11.4 Å². The molecular weight excluding hydrogens is 514 g/mol. The molecule has 0 aliphatic carbocycles. The fourth-order valence-corrected chi connectivity index (χ4v) is 5.14. The summed E-state index contributed by atoms with van der Waals surface area (Å²) in [4.78, 5) is 12.9. The fraction of sp³-hybridized carbons (Fsp3) is 0.542. The minimum atomic E-state index is -4.06. The SMILES string of the molecule is CCOc1nccc2c1OC[C@@H](COC)n1c(NS(=O)(=O)C(C)C(OC(C)C)c3ncc(C)cn3)nnc1-2. The lowest BCUT2D eigenvalue weighted by Gasteiger charge is -2.26. The normalized spacial score (nSPS) is 16.7.